The van der Waals surface area contributed by atoms with Gasteiger partial charge in [0.15, 0.2) is 0 Å². The molecule has 17 heavy (non-hydrogen) atoms. The van der Waals surface area contributed by atoms with Gasteiger partial charge in [-0.1, -0.05) is 19.8 Å². The molecule has 5 nitrogen and oxygen atoms in total. The standard InChI is InChI=1S/C11H16N2O3S/c1-2-3-4-6-16-11(15)13-10(14)8-5-7-17-9(8)12/h5,7H,2-4,6,12H2,1H3,(H,13,14,15). The van der Waals surface area contributed by atoms with Crippen LogP contribution in [-0.2, 0) is 4.74 Å². The SMILES string of the molecule is CCCCCOC(=O)NC(=O)c1ccsc1N. The summed E-state index contributed by atoms with van der Waals surface area (Å²) in [6.45, 7) is 2.38. The molecule has 0 aliphatic heterocycles. The molecule has 2 amide bonds. The number of carbonyl (C=O) groups excluding carboxylic acids is 2. The molecular weight excluding hydrogens is 240 g/mol. The molecule has 0 aliphatic rings. The monoisotopic (exact) mass is 256 g/mol. The number of hydrogen-bond donors (Lipinski definition) is 2. The number of carbonyl (C=O) groups is 2. The van der Waals surface area contributed by atoms with Crippen LogP contribution >= 0.6 is 11.3 Å². The number of amides is 2. The van der Waals surface area contributed by atoms with Crippen molar-refractivity contribution in [1.82, 2.24) is 5.32 Å². The van der Waals surface area contributed by atoms with Crippen LogP contribution in [0.15, 0.2) is 11.4 Å². The molecule has 0 saturated carbocycles. The van der Waals surface area contributed by atoms with Gasteiger partial charge < -0.3 is 10.5 Å². The maximum atomic E-state index is 11.5. The summed E-state index contributed by atoms with van der Waals surface area (Å²) in [7, 11) is 0. The van der Waals surface area contributed by atoms with E-state index in [1.165, 1.54) is 11.3 Å². The fraction of sp³-hybridized carbons (Fsp3) is 0.455. The van der Waals surface area contributed by atoms with E-state index < -0.39 is 12.0 Å². The van der Waals surface area contributed by atoms with Gasteiger partial charge in [0.1, 0.15) is 0 Å². The van der Waals surface area contributed by atoms with Gasteiger partial charge in [0.2, 0.25) is 0 Å². The Hall–Kier alpha value is -1.56. The first kappa shape index (κ1) is 13.5. The second kappa shape index (κ2) is 6.90. The van der Waals surface area contributed by atoms with Crippen LogP contribution in [0.1, 0.15) is 36.5 Å². The van der Waals surface area contributed by atoms with Gasteiger partial charge in [-0.3, -0.25) is 10.1 Å². The molecule has 0 aromatic carbocycles. The number of nitrogen functional groups attached to an aromatic ring is 1. The highest BCUT2D eigenvalue weighted by molar-refractivity contribution is 7.14. The molecule has 1 rings (SSSR count). The van der Waals surface area contributed by atoms with Crippen molar-refractivity contribution < 1.29 is 14.3 Å². The minimum atomic E-state index is -0.725. The van der Waals surface area contributed by atoms with Crippen molar-refractivity contribution in [1.29, 1.82) is 0 Å². The van der Waals surface area contributed by atoms with Crippen LogP contribution in [-0.4, -0.2) is 18.6 Å². The number of nitrogens with one attached hydrogen (secondary N) is 1. The molecule has 0 radical (unpaired) electrons. The van der Waals surface area contributed by atoms with Crippen molar-refractivity contribution >= 4 is 28.3 Å². The lowest BCUT2D eigenvalue weighted by atomic mass is 10.3. The summed E-state index contributed by atoms with van der Waals surface area (Å²) in [5.41, 5.74) is 5.87. The lowest BCUT2D eigenvalue weighted by Crippen LogP contribution is -2.31. The van der Waals surface area contributed by atoms with Gasteiger partial charge in [0, 0.05) is 0 Å². The second-order valence-corrected chi connectivity index (χ2v) is 4.44. The Labute approximate surface area is 104 Å². The fourth-order valence-electron chi connectivity index (χ4n) is 1.22. The van der Waals surface area contributed by atoms with Crippen molar-refractivity contribution in [2.45, 2.75) is 26.2 Å². The summed E-state index contributed by atoms with van der Waals surface area (Å²) in [6, 6.07) is 1.57. The molecule has 0 atom stereocenters. The summed E-state index contributed by atoms with van der Waals surface area (Å²) in [4.78, 5) is 22.8. The van der Waals surface area contributed by atoms with E-state index in [0.717, 1.165) is 19.3 Å². The molecule has 0 aliphatic carbocycles. The topological polar surface area (TPSA) is 81.4 Å². The first-order valence-electron chi connectivity index (χ1n) is 5.46. The van der Waals surface area contributed by atoms with E-state index in [1.807, 2.05) is 0 Å². The van der Waals surface area contributed by atoms with E-state index in [2.05, 4.69) is 12.2 Å². The molecule has 1 aromatic rings. The summed E-state index contributed by atoms with van der Waals surface area (Å²) >= 11 is 1.25. The number of alkyl carbamates (subject to hydrolysis) is 1. The van der Waals surface area contributed by atoms with Gasteiger partial charge in [-0.15, -0.1) is 11.3 Å². The lowest BCUT2D eigenvalue weighted by Gasteiger charge is -2.05. The zero-order chi connectivity index (χ0) is 12.7. The van der Waals surface area contributed by atoms with Gasteiger partial charge in [0.05, 0.1) is 17.2 Å². The number of thiophene rings is 1. The summed E-state index contributed by atoms with van der Waals surface area (Å²) in [5, 5.41) is 4.21. The van der Waals surface area contributed by atoms with Crippen LogP contribution in [0.3, 0.4) is 0 Å². The number of rotatable bonds is 5. The number of ether oxygens (including phenoxy) is 1. The molecule has 0 spiro atoms. The maximum absolute atomic E-state index is 11.5. The zero-order valence-corrected chi connectivity index (χ0v) is 10.5. The minimum Gasteiger partial charge on any atom is -0.449 e. The molecule has 3 N–H and O–H groups in total. The first-order chi connectivity index (χ1) is 8.15. The van der Waals surface area contributed by atoms with Crippen LogP contribution in [0.2, 0.25) is 0 Å². The summed E-state index contributed by atoms with van der Waals surface area (Å²) < 4.78 is 4.84. The average molecular weight is 256 g/mol. The highest BCUT2D eigenvalue weighted by Crippen LogP contribution is 2.18. The number of anilines is 1. The quantitative estimate of drug-likeness (QED) is 0.792. The molecule has 1 aromatic heterocycles. The molecule has 94 valence electrons. The predicted molar refractivity (Wildman–Crippen MR) is 67.1 cm³/mol. The number of hydrogen-bond acceptors (Lipinski definition) is 5. The smallest absolute Gasteiger partial charge is 0.414 e. The van der Waals surface area contributed by atoms with Gasteiger partial charge in [0.25, 0.3) is 5.91 Å². The third kappa shape index (κ3) is 4.44. The Bertz CT molecular complexity index is 390. The van der Waals surface area contributed by atoms with E-state index in [1.54, 1.807) is 11.4 Å². The lowest BCUT2D eigenvalue weighted by molar-refractivity contribution is 0.0919. The van der Waals surface area contributed by atoms with Crippen LogP contribution in [0, 0.1) is 0 Å². The van der Waals surface area contributed by atoms with Crippen LogP contribution in [0.5, 0.6) is 0 Å². The first-order valence-corrected chi connectivity index (χ1v) is 6.34. The zero-order valence-electron chi connectivity index (χ0n) is 9.69. The van der Waals surface area contributed by atoms with E-state index in [0.29, 0.717) is 17.2 Å². The van der Waals surface area contributed by atoms with Gasteiger partial charge >= 0.3 is 6.09 Å². The molecule has 0 unspecified atom stereocenters. The number of unbranched alkanes of at least 4 members (excludes halogenated alkanes) is 2. The van der Waals surface area contributed by atoms with Crippen molar-refractivity contribution in [3.63, 3.8) is 0 Å². The maximum Gasteiger partial charge on any atom is 0.414 e. The average Bonchev–Trinajstić information content (AvgIpc) is 2.71. The fourth-order valence-corrected chi connectivity index (χ4v) is 1.86. The van der Waals surface area contributed by atoms with Gasteiger partial charge in [-0.2, -0.15) is 0 Å². The largest absolute Gasteiger partial charge is 0.449 e. The van der Waals surface area contributed by atoms with Gasteiger partial charge in [-0.05, 0) is 17.9 Å². The third-order valence-corrected chi connectivity index (χ3v) is 2.88. The molecule has 0 saturated heterocycles. The van der Waals surface area contributed by atoms with E-state index in [9.17, 15) is 9.59 Å². The number of nitrogens with two attached hydrogens (primary N) is 1. The van der Waals surface area contributed by atoms with E-state index in [-0.39, 0.29) is 0 Å². The Balaban J connectivity index is 2.32. The molecule has 0 bridgehead atoms. The number of imide groups is 1. The Morgan fingerprint density at radius 2 is 2.24 bits per heavy atom. The highest BCUT2D eigenvalue weighted by Gasteiger charge is 2.14. The van der Waals surface area contributed by atoms with Crippen molar-refractivity contribution in [3.05, 3.63) is 17.0 Å². The Morgan fingerprint density at radius 1 is 1.47 bits per heavy atom. The van der Waals surface area contributed by atoms with E-state index >= 15 is 0 Å². The van der Waals surface area contributed by atoms with Crippen molar-refractivity contribution in [2.75, 3.05) is 12.3 Å². The summed E-state index contributed by atoms with van der Waals surface area (Å²) in [5.74, 6) is -0.524. The molecular formula is C11H16N2O3S. The predicted octanol–water partition coefficient (Wildman–Crippen LogP) is 2.39. The Kier molecular flexibility index (Phi) is 5.48. The van der Waals surface area contributed by atoms with Gasteiger partial charge in [-0.25, -0.2) is 4.79 Å². The Morgan fingerprint density at radius 3 is 2.82 bits per heavy atom. The highest BCUT2D eigenvalue weighted by atomic mass is 32.1. The molecule has 1 heterocycles. The van der Waals surface area contributed by atoms with Crippen LogP contribution in [0.25, 0.3) is 0 Å². The second-order valence-electron chi connectivity index (χ2n) is 3.50. The van der Waals surface area contributed by atoms with Crippen molar-refractivity contribution in [2.24, 2.45) is 0 Å². The molecule has 0 fully saturated rings. The van der Waals surface area contributed by atoms with Crippen LogP contribution < -0.4 is 11.1 Å². The van der Waals surface area contributed by atoms with E-state index in [4.69, 9.17) is 10.5 Å². The van der Waals surface area contributed by atoms with Crippen LogP contribution in [0.4, 0.5) is 9.80 Å². The van der Waals surface area contributed by atoms with Crippen molar-refractivity contribution in [3.8, 4) is 0 Å². The summed E-state index contributed by atoms with van der Waals surface area (Å²) in [6.07, 6.45) is 2.13. The minimum absolute atomic E-state index is 0.306. The third-order valence-electron chi connectivity index (χ3n) is 2.14. The molecule has 6 heteroatoms. The normalized spacial score (nSPS) is 9.94.